The summed E-state index contributed by atoms with van der Waals surface area (Å²) in [6.45, 7) is 0. The van der Waals surface area contributed by atoms with E-state index in [1.165, 1.54) is 0 Å². The molecule has 0 nitrogen and oxygen atoms in total. The van der Waals surface area contributed by atoms with Crippen molar-refractivity contribution in [3.05, 3.63) is 34.8 Å². The zero-order valence-corrected chi connectivity index (χ0v) is 7.47. The number of benzene rings is 1. The highest BCUT2D eigenvalue weighted by Crippen LogP contribution is 2.05. The lowest BCUT2D eigenvalue weighted by Crippen LogP contribution is -1.55. The van der Waals surface area contributed by atoms with Crippen LogP contribution in [0.4, 0.5) is 0 Å². The maximum Gasteiger partial charge on any atom is 0.316 e. The molecule has 1 aromatic rings. The van der Waals surface area contributed by atoms with Crippen LogP contribution >= 0.6 is 32.9 Å². The average molecular weight is 264 g/mol. The van der Waals surface area contributed by atoms with Crippen LogP contribution < -0.4 is 0 Å². The minimum atomic E-state index is 0. The summed E-state index contributed by atoms with van der Waals surface area (Å²) in [7, 11) is 0. The average Bonchev–Trinajstić information content (AvgIpc) is 1.69. The van der Waals surface area contributed by atoms with Gasteiger partial charge >= 0.3 is 23.1 Å². The molecule has 9 heavy (non-hydrogen) atoms. The SMILES string of the molecule is Br.Brc1ccccc1.[MgH2]. The summed E-state index contributed by atoms with van der Waals surface area (Å²) in [5.74, 6) is 0. The lowest BCUT2D eigenvalue weighted by atomic mass is 10.4. The van der Waals surface area contributed by atoms with Gasteiger partial charge in [-0.3, -0.25) is 0 Å². The topological polar surface area (TPSA) is 0 Å². The molecule has 0 aliphatic rings. The molecule has 0 fully saturated rings. The van der Waals surface area contributed by atoms with Crippen LogP contribution in [0.5, 0.6) is 0 Å². The van der Waals surface area contributed by atoms with Gasteiger partial charge in [0.2, 0.25) is 0 Å². The minimum Gasteiger partial charge on any atom is -0.114 e. The molecule has 0 amide bonds. The van der Waals surface area contributed by atoms with Gasteiger partial charge in [0, 0.05) is 4.47 Å². The molecule has 1 rings (SSSR count). The Balaban J connectivity index is 0. The van der Waals surface area contributed by atoms with E-state index >= 15 is 0 Å². The van der Waals surface area contributed by atoms with Crippen molar-refractivity contribution in [2.24, 2.45) is 0 Å². The van der Waals surface area contributed by atoms with Gasteiger partial charge in [0.25, 0.3) is 0 Å². The van der Waals surface area contributed by atoms with E-state index in [-0.39, 0.29) is 40.0 Å². The van der Waals surface area contributed by atoms with Crippen molar-refractivity contribution in [2.45, 2.75) is 0 Å². The van der Waals surface area contributed by atoms with E-state index in [4.69, 9.17) is 0 Å². The van der Waals surface area contributed by atoms with Gasteiger partial charge in [0.1, 0.15) is 0 Å². The van der Waals surface area contributed by atoms with Crippen LogP contribution in [0.15, 0.2) is 34.8 Å². The predicted molar refractivity (Wildman–Crippen MR) is 53.0 cm³/mol. The van der Waals surface area contributed by atoms with Crippen molar-refractivity contribution in [1.29, 1.82) is 0 Å². The van der Waals surface area contributed by atoms with Crippen molar-refractivity contribution in [1.82, 2.24) is 0 Å². The third kappa shape index (κ3) is 5.39. The van der Waals surface area contributed by atoms with Gasteiger partial charge in [-0.2, -0.15) is 0 Å². The lowest BCUT2D eigenvalue weighted by Gasteiger charge is -1.80. The van der Waals surface area contributed by atoms with Crippen LogP contribution in [-0.2, 0) is 0 Å². The molecule has 0 heterocycles. The van der Waals surface area contributed by atoms with Crippen molar-refractivity contribution < 1.29 is 0 Å². The molecule has 0 saturated heterocycles. The fourth-order valence-corrected chi connectivity index (χ4v) is 0.720. The van der Waals surface area contributed by atoms with Gasteiger partial charge in [-0.25, -0.2) is 0 Å². The molecule has 0 N–H and O–H groups in total. The summed E-state index contributed by atoms with van der Waals surface area (Å²) in [5.41, 5.74) is 0. The van der Waals surface area contributed by atoms with Gasteiger partial charge in [-0.15, -0.1) is 17.0 Å². The van der Waals surface area contributed by atoms with Crippen LogP contribution in [0, 0.1) is 0 Å². The first-order chi connectivity index (χ1) is 3.39. The molecule has 0 aromatic heterocycles. The molecule has 0 radical (unpaired) electrons. The summed E-state index contributed by atoms with van der Waals surface area (Å²) in [6.07, 6.45) is 0. The Morgan fingerprint density at radius 3 is 1.67 bits per heavy atom. The molecular weight excluding hydrogens is 256 g/mol. The van der Waals surface area contributed by atoms with E-state index in [1.54, 1.807) is 0 Å². The van der Waals surface area contributed by atoms with E-state index in [0.29, 0.717) is 0 Å². The summed E-state index contributed by atoms with van der Waals surface area (Å²) in [5, 5.41) is 0. The largest absolute Gasteiger partial charge is 0.316 e. The first-order valence-corrected chi connectivity index (χ1v) is 2.89. The Morgan fingerprint density at radius 1 is 1.00 bits per heavy atom. The smallest absolute Gasteiger partial charge is 0.114 e. The first kappa shape index (κ1) is 12.6. The second-order valence-electron chi connectivity index (χ2n) is 1.30. The van der Waals surface area contributed by atoms with E-state index < -0.39 is 0 Å². The molecule has 0 aliphatic heterocycles. The van der Waals surface area contributed by atoms with E-state index in [2.05, 4.69) is 15.9 Å². The number of hydrogen-bond donors (Lipinski definition) is 0. The van der Waals surface area contributed by atoms with Gasteiger partial charge in [0.05, 0.1) is 0 Å². The van der Waals surface area contributed by atoms with Crippen molar-refractivity contribution >= 4 is 56.0 Å². The predicted octanol–water partition coefficient (Wildman–Crippen LogP) is 2.11. The number of hydrogen-bond acceptors (Lipinski definition) is 0. The summed E-state index contributed by atoms with van der Waals surface area (Å²) >= 11 is 3.31. The Kier molecular flexibility index (Phi) is 9.89. The highest BCUT2D eigenvalue weighted by molar-refractivity contribution is 9.10. The normalized spacial score (nSPS) is 6.78. The van der Waals surface area contributed by atoms with Gasteiger partial charge < -0.3 is 0 Å². The zero-order valence-electron chi connectivity index (χ0n) is 4.17. The zero-order chi connectivity index (χ0) is 5.11. The Bertz CT molecular complexity index is 141. The highest BCUT2D eigenvalue weighted by Gasteiger charge is 1.74. The van der Waals surface area contributed by atoms with E-state index in [0.717, 1.165) is 4.47 Å². The third-order valence-corrected chi connectivity index (χ3v) is 1.26. The highest BCUT2D eigenvalue weighted by atomic mass is 79.9. The van der Waals surface area contributed by atoms with Crippen LogP contribution in [0.2, 0.25) is 0 Å². The molecule has 0 bridgehead atoms. The minimum absolute atomic E-state index is 0. The van der Waals surface area contributed by atoms with E-state index in [1.807, 2.05) is 30.3 Å². The summed E-state index contributed by atoms with van der Waals surface area (Å²) < 4.78 is 1.13. The van der Waals surface area contributed by atoms with Crippen molar-refractivity contribution in [2.75, 3.05) is 0 Å². The third-order valence-electron chi connectivity index (χ3n) is 0.733. The Labute approximate surface area is 90.1 Å². The first-order valence-electron chi connectivity index (χ1n) is 2.10. The van der Waals surface area contributed by atoms with Crippen molar-refractivity contribution in [3.8, 4) is 0 Å². The molecule has 0 aliphatic carbocycles. The molecule has 0 unspecified atom stereocenters. The van der Waals surface area contributed by atoms with Gasteiger partial charge in [0.15, 0.2) is 0 Å². The van der Waals surface area contributed by atoms with Crippen LogP contribution in [0.3, 0.4) is 0 Å². The molecule has 0 atom stereocenters. The van der Waals surface area contributed by atoms with Crippen LogP contribution in [-0.4, -0.2) is 23.1 Å². The lowest BCUT2D eigenvalue weighted by molar-refractivity contribution is 1.66. The Hall–Kier alpha value is 0.946. The second kappa shape index (κ2) is 7.06. The Morgan fingerprint density at radius 2 is 1.44 bits per heavy atom. The standard InChI is InChI=1S/C6H5Br.BrH.Mg.2H/c7-6-4-2-1-3-5-6;;;;/h1-5H;1H;;;. The van der Waals surface area contributed by atoms with Gasteiger partial charge in [-0.05, 0) is 12.1 Å². The fraction of sp³-hybridized carbons (Fsp3) is 0. The fourth-order valence-electron chi connectivity index (χ4n) is 0.415. The molecular formula is C6H8Br2Mg. The van der Waals surface area contributed by atoms with Crippen LogP contribution in [0.25, 0.3) is 0 Å². The maximum absolute atomic E-state index is 3.31. The maximum atomic E-state index is 3.31. The number of rotatable bonds is 0. The molecule has 1 aromatic carbocycles. The van der Waals surface area contributed by atoms with Gasteiger partial charge in [-0.1, -0.05) is 34.1 Å². The molecule has 3 heteroatoms. The second-order valence-corrected chi connectivity index (χ2v) is 2.21. The molecule has 0 saturated carbocycles. The summed E-state index contributed by atoms with van der Waals surface area (Å²) in [6, 6.07) is 9.97. The van der Waals surface area contributed by atoms with Crippen molar-refractivity contribution in [3.63, 3.8) is 0 Å². The molecule has 48 valence electrons. The quantitative estimate of drug-likeness (QED) is 0.630. The van der Waals surface area contributed by atoms with E-state index in [9.17, 15) is 0 Å². The monoisotopic (exact) mass is 262 g/mol. The number of halogens is 2. The summed E-state index contributed by atoms with van der Waals surface area (Å²) in [4.78, 5) is 0. The molecule has 0 spiro atoms. The van der Waals surface area contributed by atoms with Crippen LogP contribution in [0.1, 0.15) is 0 Å².